The number of fused-ring (bicyclic) bond motifs is 1. The molecule has 0 aliphatic heterocycles. The van der Waals surface area contributed by atoms with Crippen LogP contribution in [0.25, 0.3) is 21.5 Å². The Kier molecular flexibility index (Phi) is 4.68. The fourth-order valence-electron chi connectivity index (χ4n) is 3.13. The molecule has 2 heterocycles. The number of rotatable bonds is 3. The first-order valence-electron chi connectivity index (χ1n) is 8.56. The lowest BCUT2D eigenvalue weighted by Gasteiger charge is -2.13. The predicted octanol–water partition coefficient (Wildman–Crippen LogP) is 6.49. The number of para-hydroxylation sites is 2. The highest BCUT2D eigenvalue weighted by molar-refractivity contribution is 7.19. The molecule has 0 fully saturated rings. The van der Waals surface area contributed by atoms with Crippen LogP contribution in [0, 0.1) is 13.8 Å². The Morgan fingerprint density at radius 2 is 1.74 bits per heavy atom. The highest BCUT2D eigenvalue weighted by Gasteiger charge is 2.16. The summed E-state index contributed by atoms with van der Waals surface area (Å²) in [5, 5.41) is 3.91. The van der Waals surface area contributed by atoms with Gasteiger partial charge in [0.1, 0.15) is 0 Å². The van der Waals surface area contributed by atoms with E-state index in [0.29, 0.717) is 9.90 Å². The summed E-state index contributed by atoms with van der Waals surface area (Å²) in [5.74, 6) is -0.144. The van der Waals surface area contributed by atoms with E-state index in [2.05, 4.69) is 5.32 Å². The van der Waals surface area contributed by atoms with Crippen LogP contribution >= 0.6 is 22.9 Å². The normalized spacial score (nSPS) is 10.9. The van der Waals surface area contributed by atoms with Gasteiger partial charge in [-0.1, -0.05) is 48.0 Å². The van der Waals surface area contributed by atoms with Crippen LogP contribution in [0.1, 0.15) is 21.5 Å². The molecule has 0 aliphatic carbocycles. The summed E-state index contributed by atoms with van der Waals surface area (Å²) in [6.45, 7) is 3.98. The number of halogens is 1. The Morgan fingerprint density at radius 1 is 1.00 bits per heavy atom. The van der Waals surface area contributed by atoms with Gasteiger partial charge in [0.25, 0.3) is 5.91 Å². The van der Waals surface area contributed by atoms with Gasteiger partial charge in [-0.2, -0.15) is 0 Å². The van der Waals surface area contributed by atoms with Crippen LogP contribution in [-0.2, 0) is 0 Å². The van der Waals surface area contributed by atoms with Crippen molar-refractivity contribution in [3.05, 3.63) is 81.7 Å². The number of nitrogens with zero attached hydrogens (tertiary/aromatic N) is 1. The van der Waals surface area contributed by atoms with Crippen molar-refractivity contribution in [3.8, 4) is 10.6 Å². The third kappa shape index (κ3) is 3.46. The molecule has 0 aliphatic rings. The molecular formula is C22H17ClN2OS. The van der Waals surface area contributed by atoms with E-state index in [1.807, 2.05) is 74.5 Å². The second-order valence-corrected chi connectivity index (χ2v) is 8.11. The number of hydrogen-bond acceptors (Lipinski definition) is 3. The maximum atomic E-state index is 13.2. The minimum Gasteiger partial charge on any atom is -0.321 e. The molecule has 0 saturated carbocycles. The van der Waals surface area contributed by atoms with Crippen molar-refractivity contribution >= 4 is 45.4 Å². The summed E-state index contributed by atoms with van der Waals surface area (Å²) >= 11 is 7.53. The van der Waals surface area contributed by atoms with E-state index in [1.54, 1.807) is 0 Å². The van der Waals surface area contributed by atoms with E-state index in [4.69, 9.17) is 16.6 Å². The van der Waals surface area contributed by atoms with E-state index in [1.165, 1.54) is 11.3 Å². The van der Waals surface area contributed by atoms with E-state index >= 15 is 0 Å². The van der Waals surface area contributed by atoms with Crippen molar-refractivity contribution < 1.29 is 4.79 Å². The van der Waals surface area contributed by atoms with Gasteiger partial charge in [0.15, 0.2) is 0 Å². The summed E-state index contributed by atoms with van der Waals surface area (Å²) in [6.07, 6.45) is 0. The lowest BCUT2D eigenvalue weighted by Crippen LogP contribution is -2.14. The smallest absolute Gasteiger partial charge is 0.256 e. The minimum absolute atomic E-state index is 0.144. The molecule has 4 rings (SSSR count). The average molecular weight is 393 g/mol. The van der Waals surface area contributed by atoms with Crippen molar-refractivity contribution in [1.29, 1.82) is 0 Å². The maximum absolute atomic E-state index is 13.2. The molecule has 1 amide bonds. The summed E-state index contributed by atoms with van der Waals surface area (Å²) in [5.41, 5.74) is 5.05. The van der Waals surface area contributed by atoms with Gasteiger partial charge in [-0.3, -0.25) is 4.79 Å². The van der Waals surface area contributed by atoms with Gasteiger partial charge in [0, 0.05) is 11.1 Å². The fraction of sp³-hybridized carbons (Fsp3) is 0.0909. The lowest BCUT2D eigenvalue weighted by atomic mass is 10.0. The number of carbonyl (C=O) groups is 1. The second kappa shape index (κ2) is 7.14. The molecule has 5 heteroatoms. The standard InChI is InChI=1S/C22H17ClN2OS/c1-13-6-5-7-14(2)21(13)25-22(26)16-12-18(19-10-11-20(23)27-19)24-17-9-4-3-8-15(16)17/h3-12H,1-2H3,(H,25,26). The van der Waals surface area contributed by atoms with Gasteiger partial charge in [0.05, 0.1) is 26.0 Å². The number of thiophene rings is 1. The number of carbonyl (C=O) groups excluding carboxylic acids is 1. The Labute approximate surface area is 166 Å². The molecule has 27 heavy (non-hydrogen) atoms. The monoisotopic (exact) mass is 392 g/mol. The third-order valence-corrected chi connectivity index (χ3v) is 5.76. The van der Waals surface area contributed by atoms with Gasteiger partial charge < -0.3 is 5.32 Å². The molecule has 1 N–H and O–H groups in total. The van der Waals surface area contributed by atoms with Crippen molar-refractivity contribution in [3.63, 3.8) is 0 Å². The summed E-state index contributed by atoms with van der Waals surface area (Å²) in [6, 6.07) is 19.3. The van der Waals surface area contributed by atoms with Crippen molar-refractivity contribution in [1.82, 2.24) is 4.98 Å². The number of benzene rings is 2. The lowest BCUT2D eigenvalue weighted by molar-refractivity contribution is 0.102. The molecule has 0 bridgehead atoms. The largest absolute Gasteiger partial charge is 0.321 e. The Hall–Kier alpha value is -2.69. The molecule has 134 valence electrons. The zero-order chi connectivity index (χ0) is 19.0. The van der Waals surface area contributed by atoms with Crippen LogP contribution in [0.4, 0.5) is 5.69 Å². The first-order valence-corrected chi connectivity index (χ1v) is 9.75. The Morgan fingerprint density at radius 3 is 2.44 bits per heavy atom. The van der Waals surface area contributed by atoms with E-state index in [0.717, 1.165) is 38.3 Å². The maximum Gasteiger partial charge on any atom is 0.256 e. The third-order valence-electron chi connectivity index (χ3n) is 4.51. The summed E-state index contributed by atoms with van der Waals surface area (Å²) in [7, 11) is 0. The van der Waals surface area contributed by atoms with E-state index < -0.39 is 0 Å². The number of aryl methyl sites for hydroxylation is 2. The zero-order valence-electron chi connectivity index (χ0n) is 14.9. The molecule has 4 aromatic rings. The molecular weight excluding hydrogens is 376 g/mol. The quantitative estimate of drug-likeness (QED) is 0.433. The minimum atomic E-state index is -0.144. The first-order chi connectivity index (χ1) is 13.0. The van der Waals surface area contributed by atoms with Crippen LogP contribution < -0.4 is 5.32 Å². The molecule has 2 aromatic carbocycles. The van der Waals surface area contributed by atoms with Gasteiger partial charge in [-0.15, -0.1) is 11.3 Å². The molecule has 0 atom stereocenters. The molecule has 0 unspecified atom stereocenters. The number of amides is 1. The fourth-order valence-corrected chi connectivity index (χ4v) is 4.14. The van der Waals surface area contributed by atoms with Crippen LogP contribution in [-0.4, -0.2) is 10.9 Å². The number of pyridine rings is 1. The number of nitrogens with one attached hydrogen (secondary N) is 1. The number of hydrogen-bond donors (Lipinski definition) is 1. The number of anilines is 1. The first kappa shape index (κ1) is 17.7. The van der Waals surface area contributed by atoms with Gasteiger partial charge in [-0.25, -0.2) is 4.98 Å². The summed E-state index contributed by atoms with van der Waals surface area (Å²) < 4.78 is 0.696. The highest BCUT2D eigenvalue weighted by atomic mass is 35.5. The zero-order valence-corrected chi connectivity index (χ0v) is 16.5. The molecule has 0 spiro atoms. The van der Waals surface area contributed by atoms with E-state index in [-0.39, 0.29) is 5.91 Å². The van der Waals surface area contributed by atoms with Crippen molar-refractivity contribution in [2.24, 2.45) is 0 Å². The van der Waals surface area contributed by atoms with Gasteiger partial charge >= 0.3 is 0 Å². The van der Waals surface area contributed by atoms with Crippen LogP contribution in [0.3, 0.4) is 0 Å². The number of aromatic nitrogens is 1. The Balaban J connectivity index is 1.83. The SMILES string of the molecule is Cc1cccc(C)c1NC(=O)c1cc(-c2ccc(Cl)s2)nc2ccccc12. The van der Waals surface area contributed by atoms with E-state index in [9.17, 15) is 4.79 Å². The average Bonchev–Trinajstić information content (AvgIpc) is 3.10. The van der Waals surface area contributed by atoms with Crippen LogP contribution in [0.5, 0.6) is 0 Å². The highest BCUT2D eigenvalue weighted by Crippen LogP contribution is 2.32. The predicted molar refractivity (Wildman–Crippen MR) is 114 cm³/mol. The Bertz CT molecular complexity index is 1150. The van der Waals surface area contributed by atoms with Gasteiger partial charge in [-0.05, 0) is 49.2 Å². The van der Waals surface area contributed by atoms with Gasteiger partial charge in [0.2, 0.25) is 0 Å². The van der Waals surface area contributed by atoms with Crippen molar-refractivity contribution in [2.75, 3.05) is 5.32 Å². The second-order valence-electron chi connectivity index (χ2n) is 6.40. The van der Waals surface area contributed by atoms with Crippen LogP contribution in [0.15, 0.2) is 60.7 Å². The molecule has 0 saturated heterocycles. The van der Waals surface area contributed by atoms with Crippen molar-refractivity contribution in [2.45, 2.75) is 13.8 Å². The summed E-state index contributed by atoms with van der Waals surface area (Å²) in [4.78, 5) is 18.8. The topological polar surface area (TPSA) is 42.0 Å². The molecule has 2 aromatic heterocycles. The van der Waals surface area contributed by atoms with Crippen LogP contribution in [0.2, 0.25) is 4.34 Å². The molecule has 3 nitrogen and oxygen atoms in total. The molecule has 0 radical (unpaired) electrons.